The van der Waals surface area contributed by atoms with Crippen LogP contribution in [0.4, 0.5) is 0 Å². The molecule has 104 valence electrons. The van der Waals surface area contributed by atoms with E-state index in [9.17, 15) is 9.59 Å². The lowest BCUT2D eigenvalue weighted by molar-refractivity contribution is -0.144. The summed E-state index contributed by atoms with van der Waals surface area (Å²) in [6, 6.07) is 2.51. The summed E-state index contributed by atoms with van der Waals surface area (Å²) in [6.07, 6.45) is 1.77. The van der Waals surface area contributed by atoms with Crippen LogP contribution in [0.3, 0.4) is 0 Å². The number of rotatable bonds is 6. The van der Waals surface area contributed by atoms with Crippen molar-refractivity contribution in [1.82, 2.24) is 4.98 Å². The van der Waals surface area contributed by atoms with Crippen molar-refractivity contribution < 1.29 is 19.1 Å². The normalized spacial score (nSPS) is 11.7. The fraction of sp³-hybridized carbons (Fsp3) is 0.462. The molecule has 1 aromatic rings. The largest absolute Gasteiger partial charge is 0.465 e. The Morgan fingerprint density at radius 3 is 2.63 bits per heavy atom. The van der Waals surface area contributed by atoms with Crippen molar-refractivity contribution in [2.45, 2.75) is 26.3 Å². The van der Waals surface area contributed by atoms with Gasteiger partial charge >= 0.3 is 11.9 Å². The average molecular weight is 266 g/mol. The molecule has 1 rings (SSSR count). The van der Waals surface area contributed by atoms with Crippen molar-refractivity contribution >= 4 is 11.9 Å². The average Bonchev–Trinajstić information content (AvgIpc) is 2.39. The molecule has 6 nitrogen and oxygen atoms in total. The minimum atomic E-state index is -0.752. The number of nitrogens with two attached hydrogens (primary N) is 1. The van der Waals surface area contributed by atoms with E-state index in [1.807, 2.05) is 0 Å². The van der Waals surface area contributed by atoms with Gasteiger partial charge in [-0.1, -0.05) is 0 Å². The molecule has 1 atom stereocenters. The first-order valence-electron chi connectivity index (χ1n) is 6.12. The van der Waals surface area contributed by atoms with E-state index in [-0.39, 0.29) is 25.3 Å². The van der Waals surface area contributed by atoms with Gasteiger partial charge in [-0.2, -0.15) is 0 Å². The number of hydrogen-bond donors (Lipinski definition) is 1. The SMILES string of the molecule is CCOC(=O)c1cc(CC(N)C(=O)OCC)ccn1. The molecular formula is C13H18N2O4. The van der Waals surface area contributed by atoms with Crippen molar-refractivity contribution in [2.24, 2.45) is 5.73 Å². The summed E-state index contributed by atoms with van der Waals surface area (Å²) in [4.78, 5) is 26.8. The molecule has 0 aliphatic carbocycles. The van der Waals surface area contributed by atoms with Gasteiger partial charge in [0.05, 0.1) is 13.2 Å². The van der Waals surface area contributed by atoms with E-state index in [2.05, 4.69) is 4.98 Å². The number of ether oxygens (including phenoxy) is 2. The van der Waals surface area contributed by atoms with Crippen LogP contribution >= 0.6 is 0 Å². The summed E-state index contributed by atoms with van der Waals surface area (Å²) in [5.74, 6) is -0.953. The van der Waals surface area contributed by atoms with Crippen molar-refractivity contribution in [3.8, 4) is 0 Å². The number of hydrogen-bond acceptors (Lipinski definition) is 6. The highest BCUT2D eigenvalue weighted by Gasteiger charge is 2.16. The predicted molar refractivity (Wildman–Crippen MR) is 68.5 cm³/mol. The Kier molecular flexibility index (Phi) is 5.95. The van der Waals surface area contributed by atoms with E-state index in [0.717, 1.165) is 5.56 Å². The lowest BCUT2D eigenvalue weighted by Crippen LogP contribution is -2.34. The van der Waals surface area contributed by atoms with E-state index >= 15 is 0 Å². The maximum atomic E-state index is 11.5. The number of esters is 2. The molecule has 1 aromatic heterocycles. The molecule has 19 heavy (non-hydrogen) atoms. The Bertz CT molecular complexity index is 448. The van der Waals surface area contributed by atoms with Crippen LogP contribution in [-0.4, -0.2) is 36.2 Å². The smallest absolute Gasteiger partial charge is 0.356 e. The molecular weight excluding hydrogens is 248 g/mol. The Hall–Kier alpha value is -1.95. The van der Waals surface area contributed by atoms with Gasteiger partial charge in [0, 0.05) is 6.20 Å². The minimum absolute atomic E-state index is 0.204. The molecule has 0 saturated heterocycles. The van der Waals surface area contributed by atoms with E-state index in [0.29, 0.717) is 0 Å². The quantitative estimate of drug-likeness (QED) is 0.762. The van der Waals surface area contributed by atoms with Gasteiger partial charge in [-0.3, -0.25) is 4.79 Å². The second-order valence-corrected chi connectivity index (χ2v) is 3.83. The highest BCUT2D eigenvalue weighted by molar-refractivity contribution is 5.87. The molecule has 0 fully saturated rings. The number of pyridine rings is 1. The Morgan fingerprint density at radius 1 is 1.32 bits per heavy atom. The Labute approximate surface area is 111 Å². The second kappa shape index (κ2) is 7.48. The van der Waals surface area contributed by atoms with E-state index in [1.54, 1.807) is 26.0 Å². The standard InChI is InChI=1S/C13H18N2O4/c1-3-18-12(16)10(14)7-9-5-6-15-11(8-9)13(17)19-4-2/h5-6,8,10H,3-4,7,14H2,1-2H3. The highest BCUT2D eigenvalue weighted by atomic mass is 16.5. The molecule has 0 radical (unpaired) electrons. The van der Waals surface area contributed by atoms with Crippen LogP contribution in [0.1, 0.15) is 29.9 Å². The molecule has 2 N–H and O–H groups in total. The van der Waals surface area contributed by atoms with Crippen LogP contribution in [0, 0.1) is 0 Å². The summed E-state index contributed by atoms with van der Waals surface area (Å²) in [5, 5.41) is 0. The van der Waals surface area contributed by atoms with Crippen molar-refractivity contribution in [1.29, 1.82) is 0 Å². The maximum Gasteiger partial charge on any atom is 0.356 e. The second-order valence-electron chi connectivity index (χ2n) is 3.83. The molecule has 0 amide bonds. The Balaban J connectivity index is 2.71. The summed E-state index contributed by atoms with van der Waals surface area (Å²) in [7, 11) is 0. The molecule has 0 saturated carbocycles. The molecule has 0 aromatic carbocycles. The van der Waals surface area contributed by atoms with Gasteiger partial charge in [-0.05, 0) is 38.0 Å². The van der Waals surface area contributed by atoms with Crippen LogP contribution in [0.2, 0.25) is 0 Å². The van der Waals surface area contributed by atoms with Gasteiger partial charge in [0.2, 0.25) is 0 Å². The molecule has 1 heterocycles. The number of carbonyl (C=O) groups excluding carboxylic acids is 2. The molecule has 0 bridgehead atoms. The third kappa shape index (κ3) is 4.67. The van der Waals surface area contributed by atoms with E-state index < -0.39 is 18.0 Å². The Morgan fingerprint density at radius 2 is 2.00 bits per heavy atom. The van der Waals surface area contributed by atoms with E-state index in [1.165, 1.54) is 6.20 Å². The van der Waals surface area contributed by atoms with Crippen LogP contribution < -0.4 is 5.73 Å². The van der Waals surface area contributed by atoms with Crippen molar-refractivity contribution in [2.75, 3.05) is 13.2 Å². The fourth-order valence-electron chi connectivity index (χ4n) is 1.50. The predicted octanol–water partition coefficient (Wildman–Crippen LogP) is 0.691. The monoisotopic (exact) mass is 266 g/mol. The van der Waals surface area contributed by atoms with Crippen LogP contribution in [-0.2, 0) is 20.7 Å². The van der Waals surface area contributed by atoms with Gasteiger partial charge < -0.3 is 15.2 Å². The zero-order valence-corrected chi connectivity index (χ0v) is 11.1. The van der Waals surface area contributed by atoms with Crippen LogP contribution in [0.25, 0.3) is 0 Å². The van der Waals surface area contributed by atoms with Gasteiger partial charge in [-0.15, -0.1) is 0 Å². The molecule has 0 aliphatic heterocycles. The summed E-state index contributed by atoms with van der Waals surface area (Å²) < 4.78 is 9.67. The first kappa shape index (κ1) is 15.1. The third-order valence-corrected chi connectivity index (χ3v) is 2.35. The highest BCUT2D eigenvalue weighted by Crippen LogP contribution is 2.07. The summed E-state index contributed by atoms with van der Waals surface area (Å²) in [6.45, 7) is 4.01. The molecule has 1 unspecified atom stereocenters. The lowest BCUT2D eigenvalue weighted by Gasteiger charge is -2.10. The maximum absolute atomic E-state index is 11.5. The molecule has 6 heteroatoms. The van der Waals surface area contributed by atoms with Crippen molar-refractivity contribution in [3.05, 3.63) is 29.6 Å². The minimum Gasteiger partial charge on any atom is -0.465 e. The van der Waals surface area contributed by atoms with Crippen LogP contribution in [0.5, 0.6) is 0 Å². The fourth-order valence-corrected chi connectivity index (χ4v) is 1.50. The number of aromatic nitrogens is 1. The zero-order chi connectivity index (χ0) is 14.3. The van der Waals surface area contributed by atoms with Crippen molar-refractivity contribution in [3.63, 3.8) is 0 Å². The van der Waals surface area contributed by atoms with Gasteiger partial charge in [0.1, 0.15) is 11.7 Å². The van der Waals surface area contributed by atoms with Gasteiger partial charge in [0.25, 0.3) is 0 Å². The third-order valence-electron chi connectivity index (χ3n) is 2.35. The van der Waals surface area contributed by atoms with Gasteiger partial charge in [-0.25, -0.2) is 9.78 Å². The number of carbonyl (C=O) groups is 2. The summed E-state index contributed by atoms with van der Waals surface area (Å²) in [5.41, 5.74) is 6.65. The first-order valence-corrected chi connectivity index (χ1v) is 6.12. The lowest BCUT2D eigenvalue weighted by atomic mass is 10.1. The number of nitrogens with zero attached hydrogens (tertiary/aromatic N) is 1. The molecule has 0 aliphatic rings. The van der Waals surface area contributed by atoms with Crippen LogP contribution in [0.15, 0.2) is 18.3 Å². The first-order chi connectivity index (χ1) is 9.08. The topological polar surface area (TPSA) is 91.5 Å². The summed E-state index contributed by atoms with van der Waals surface area (Å²) >= 11 is 0. The zero-order valence-electron chi connectivity index (χ0n) is 11.1. The molecule has 0 spiro atoms. The van der Waals surface area contributed by atoms with Gasteiger partial charge in [0.15, 0.2) is 0 Å². The van der Waals surface area contributed by atoms with E-state index in [4.69, 9.17) is 15.2 Å².